The fourth-order valence-electron chi connectivity index (χ4n) is 1.94. The Balaban J connectivity index is 1.90. The summed E-state index contributed by atoms with van der Waals surface area (Å²) >= 11 is 12.0. The summed E-state index contributed by atoms with van der Waals surface area (Å²) < 4.78 is 5.28. The molecule has 0 amide bonds. The third kappa shape index (κ3) is 3.55. The number of aromatic nitrogens is 1. The molecule has 2 aromatic carbocycles. The van der Waals surface area contributed by atoms with Crippen LogP contribution in [0.15, 0.2) is 51.9 Å². The van der Waals surface area contributed by atoms with E-state index in [2.05, 4.69) is 9.98 Å². The highest BCUT2D eigenvalue weighted by Gasteiger charge is 2.12. The monoisotopic (exact) mass is 346 g/mol. The molecule has 1 N–H and O–H groups in total. The maximum Gasteiger partial charge on any atom is 0.312 e. The Hall–Kier alpha value is -2.30. The molecule has 23 heavy (non-hydrogen) atoms. The molecular formula is C17H12Cl2N2O2. The van der Waals surface area contributed by atoms with Crippen LogP contribution in [0.2, 0.25) is 10.0 Å². The lowest BCUT2D eigenvalue weighted by Gasteiger charge is -1.97. The number of aliphatic imine (C=N–C) groups is 1. The van der Waals surface area contributed by atoms with Crippen molar-refractivity contribution in [3.63, 3.8) is 0 Å². The van der Waals surface area contributed by atoms with E-state index in [0.29, 0.717) is 21.6 Å². The average Bonchev–Trinajstić information content (AvgIpc) is 2.90. The molecule has 0 saturated heterocycles. The zero-order valence-electron chi connectivity index (χ0n) is 12.1. The number of hydrogen-bond donors (Lipinski definition) is 1. The lowest BCUT2D eigenvalue weighted by atomic mass is 10.1. The second kappa shape index (κ2) is 6.44. The highest BCUT2D eigenvalue weighted by molar-refractivity contribution is 6.35. The Morgan fingerprint density at radius 1 is 1.13 bits per heavy atom. The van der Waals surface area contributed by atoms with Crippen LogP contribution in [0.25, 0.3) is 11.5 Å². The van der Waals surface area contributed by atoms with Gasteiger partial charge in [0.05, 0.1) is 16.9 Å². The summed E-state index contributed by atoms with van der Waals surface area (Å²) in [6.45, 7) is 1.99. The fraction of sp³-hybridized carbons (Fsp3) is 0.0588. The number of benzene rings is 2. The highest BCUT2D eigenvalue weighted by atomic mass is 35.5. The second-order valence-corrected chi connectivity index (χ2v) is 5.77. The molecule has 1 heterocycles. The van der Waals surface area contributed by atoms with E-state index in [4.69, 9.17) is 27.6 Å². The van der Waals surface area contributed by atoms with Crippen LogP contribution >= 0.6 is 23.2 Å². The van der Waals surface area contributed by atoms with Gasteiger partial charge in [0.2, 0.25) is 5.89 Å². The number of halogens is 2. The van der Waals surface area contributed by atoms with Gasteiger partial charge in [-0.25, -0.2) is 4.98 Å². The third-order valence-corrected chi connectivity index (χ3v) is 3.72. The summed E-state index contributed by atoms with van der Waals surface area (Å²) in [4.78, 5) is 8.43. The van der Waals surface area contributed by atoms with Gasteiger partial charge in [0.15, 0.2) is 5.69 Å². The first-order valence-corrected chi connectivity index (χ1v) is 7.54. The molecule has 0 radical (unpaired) electrons. The van der Waals surface area contributed by atoms with Crippen molar-refractivity contribution in [1.29, 1.82) is 0 Å². The molecule has 3 rings (SSSR count). The minimum Gasteiger partial charge on any atom is -0.479 e. The number of aromatic hydroxyl groups is 1. The first-order chi connectivity index (χ1) is 11.0. The third-order valence-electron chi connectivity index (χ3n) is 3.17. The fourth-order valence-corrected chi connectivity index (χ4v) is 2.28. The summed E-state index contributed by atoms with van der Waals surface area (Å²) in [5.74, 6) is 0.0172. The molecule has 0 fully saturated rings. The normalized spacial score (nSPS) is 11.3. The summed E-state index contributed by atoms with van der Waals surface area (Å²) in [7, 11) is 0. The van der Waals surface area contributed by atoms with Crippen LogP contribution in [0.3, 0.4) is 0 Å². The zero-order chi connectivity index (χ0) is 16.4. The maximum atomic E-state index is 9.87. The predicted octanol–water partition coefficient (Wildman–Crippen LogP) is 5.41. The van der Waals surface area contributed by atoms with Crippen molar-refractivity contribution >= 4 is 35.1 Å². The molecule has 0 spiro atoms. The van der Waals surface area contributed by atoms with Gasteiger partial charge in [-0.3, -0.25) is 4.99 Å². The van der Waals surface area contributed by atoms with Crippen molar-refractivity contribution in [2.45, 2.75) is 6.92 Å². The van der Waals surface area contributed by atoms with Gasteiger partial charge < -0.3 is 9.52 Å². The van der Waals surface area contributed by atoms with Gasteiger partial charge in [-0.05, 0) is 37.3 Å². The minimum absolute atomic E-state index is 0.219. The van der Waals surface area contributed by atoms with Crippen LogP contribution in [0.4, 0.5) is 5.69 Å². The summed E-state index contributed by atoms with van der Waals surface area (Å²) in [6.07, 6.45) is 1.38. The van der Waals surface area contributed by atoms with Gasteiger partial charge in [-0.15, -0.1) is 0 Å². The molecular weight excluding hydrogens is 335 g/mol. The number of nitrogens with zero attached hydrogens (tertiary/aromatic N) is 2. The van der Waals surface area contributed by atoms with E-state index < -0.39 is 0 Å². The van der Waals surface area contributed by atoms with Gasteiger partial charge in [-0.1, -0.05) is 40.9 Å². The van der Waals surface area contributed by atoms with Crippen molar-refractivity contribution in [1.82, 2.24) is 4.98 Å². The molecule has 0 atom stereocenters. The molecule has 1 aromatic heterocycles. The van der Waals surface area contributed by atoms with Crippen molar-refractivity contribution < 1.29 is 9.52 Å². The summed E-state index contributed by atoms with van der Waals surface area (Å²) in [6, 6.07) is 12.6. The maximum absolute atomic E-state index is 9.87. The van der Waals surface area contributed by atoms with E-state index >= 15 is 0 Å². The number of oxazole rings is 1. The van der Waals surface area contributed by atoms with Gasteiger partial charge in [0.25, 0.3) is 0 Å². The SMILES string of the molecule is Cc1ccc(-c2nc(C=Nc3cc(Cl)ccc3Cl)c(O)o2)cc1. The Kier molecular flexibility index (Phi) is 4.37. The molecule has 0 aliphatic carbocycles. The number of aryl methyl sites for hydroxylation is 1. The van der Waals surface area contributed by atoms with E-state index in [-0.39, 0.29) is 11.6 Å². The molecule has 3 aromatic rings. The molecule has 0 saturated carbocycles. The van der Waals surface area contributed by atoms with E-state index in [1.54, 1.807) is 18.2 Å². The molecule has 0 aliphatic rings. The Bertz CT molecular complexity index is 871. The first kappa shape index (κ1) is 15.6. The number of hydrogen-bond acceptors (Lipinski definition) is 4. The van der Waals surface area contributed by atoms with E-state index in [1.165, 1.54) is 6.21 Å². The quantitative estimate of drug-likeness (QED) is 0.644. The Labute approximate surface area is 143 Å². The lowest BCUT2D eigenvalue weighted by Crippen LogP contribution is -1.83. The largest absolute Gasteiger partial charge is 0.479 e. The minimum atomic E-state index is -0.303. The zero-order valence-corrected chi connectivity index (χ0v) is 13.6. The Morgan fingerprint density at radius 3 is 2.61 bits per heavy atom. The standard InChI is InChI=1S/C17H12Cl2N2O2/c1-10-2-4-11(5-3-10)16-21-15(17(22)23-16)9-20-14-8-12(18)6-7-13(14)19/h2-9,22H,1H3. The van der Waals surface area contributed by atoms with Gasteiger partial charge in [0.1, 0.15) is 0 Å². The van der Waals surface area contributed by atoms with Crippen molar-refractivity contribution in [3.05, 3.63) is 63.8 Å². The van der Waals surface area contributed by atoms with Crippen LogP contribution in [0.1, 0.15) is 11.3 Å². The Morgan fingerprint density at radius 2 is 1.87 bits per heavy atom. The average molecular weight is 347 g/mol. The molecule has 4 nitrogen and oxygen atoms in total. The second-order valence-electron chi connectivity index (χ2n) is 4.93. The number of rotatable bonds is 3. The van der Waals surface area contributed by atoms with E-state index in [1.807, 2.05) is 31.2 Å². The van der Waals surface area contributed by atoms with Crippen molar-refractivity contribution in [2.75, 3.05) is 0 Å². The van der Waals surface area contributed by atoms with Crippen LogP contribution in [0, 0.1) is 6.92 Å². The van der Waals surface area contributed by atoms with Gasteiger partial charge in [0, 0.05) is 10.6 Å². The highest BCUT2D eigenvalue weighted by Crippen LogP contribution is 2.29. The van der Waals surface area contributed by atoms with Crippen LogP contribution < -0.4 is 0 Å². The first-order valence-electron chi connectivity index (χ1n) is 6.79. The van der Waals surface area contributed by atoms with Crippen LogP contribution in [0.5, 0.6) is 5.95 Å². The molecule has 0 aliphatic heterocycles. The van der Waals surface area contributed by atoms with Gasteiger partial charge in [-0.2, -0.15) is 0 Å². The topological polar surface area (TPSA) is 58.6 Å². The molecule has 116 valence electrons. The van der Waals surface area contributed by atoms with Gasteiger partial charge >= 0.3 is 5.95 Å². The smallest absolute Gasteiger partial charge is 0.312 e. The summed E-state index contributed by atoms with van der Waals surface area (Å²) in [5.41, 5.74) is 2.60. The van der Waals surface area contributed by atoms with E-state index in [9.17, 15) is 5.11 Å². The van der Waals surface area contributed by atoms with Crippen molar-refractivity contribution in [3.8, 4) is 17.4 Å². The summed E-state index contributed by atoms with van der Waals surface area (Å²) in [5, 5.41) is 10.8. The molecule has 0 unspecified atom stereocenters. The predicted molar refractivity (Wildman–Crippen MR) is 92.1 cm³/mol. The lowest BCUT2D eigenvalue weighted by molar-refractivity contribution is 0.337. The van der Waals surface area contributed by atoms with E-state index in [0.717, 1.165) is 11.1 Å². The van der Waals surface area contributed by atoms with Crippen molar-refractivity contribution in [2.24, 2.45) is 4.99 Å². The van der Waals surface area contributed by atoms with Crippen LogP contribution in [-0.4, -0.2) is 16.3 Å². The molecule has 0 bridgehead atoms. The molecule has 6 heteroatoms. The van der Waals surface area contributed by atoms with Crippen LogP contribution in [-0.2, 0) is 0 Å².